The Bertz CT molecular complexity index is 1490. The number of aromatic nitrogens is 3. The second-order valence-electron chi connectivity index (χ2n) is 8.65. The summed E-state index contributed by atoms with van der Waals surface area (Å²) in [4.78, 5) is 25.8. The molecular formula is C25H24F3N7O3. The number of rotatable bonds is 4. The van der Waals surface area contributed by atoms with Gasteiger partial charge in [-0.2, -0.15) is 18.3 Å². The average Bonchev–Trinajstić information content (AvgIpc) is 3.64. The van der Waals surface area contributed by atoms with E-state index in [0.717, 1.165) is 52.8 Å². The van der Waals surface area contributed by atoms with Crippen molar-refractivity contribution < 1.29 is 27.9 Å². The van der Waals surface area contributed by atoms with Crippen LogP contribution in [0.1, 0.15) is 30.0 Å². The number of halogens is 3. The summed E-state index contributed by atoms with van der Waals surface area (Å²) in [7, 11) is 1.81. The molecule has 5 rings (SSSR count). The molecule has 3 amide bonds. The zero-order valence-electron chi connectivity index (χ0n) is 20.1. The predicted molar refractivity (Wildman–Crippen MR) is 137 cm³/mol. The maximum Gasteiger partial charge on any atom is 0.416 e. The Labute approximate surface area is 214 Å². The van der Waals surface area contributed by atoms with Crippen LogP contribution in [0.15, 0.2) is 54.6 Å². The van der Waals surface area contributed by atoms with Crippen LogP contribution >= 0.6 is 0 Å². The fraction of sp³-hybridized carbons (Fsp3) is 0.200. The van der Waals surface area contributed by atoms with Gasteiger partial charge in [-0.15, -0.1) is 0 Å². The van der Waals surface area contributed by atoms with Crippen molar-refractivity contribution in [1.82, 2.24) is 14.8 Å². The van der Waals surface area contributed by atoms with Crippen molar-refractivity contribution in [3.63, 3.8) is 0 Å². The number of amides is 3. The van der Waals surface area contributed by atoms with Crippen molar-refractivity contribution in [2.75, 3.05) is 16.4 Å². The van der Waals surface area contributed by atoms with Crippen molar-refractivity contribution in [1.29, 1.82) is 0 Å². The van der Waals surface area contributed by atoms with E-state index in [4.69, 9.17) is 20.6 Å². The maximum atomic E-state index is 12.9. The van der Waals surface area contributed by atoms with Crippen LogP contribution in [0.25, 0.3) is 22.2 Å². The van der Waals surface area contributed by atoms with Gasteiger partial charge in [0.25, 0.3) is 0 Å². The molecule has 198 valence electrons. The molecule has 4 aromatic rings. The van der Waals surface area contributed by atoms with Gasteiger partial charge in [-0.3, -0.25) is 0 Å². The highest BCUT2D eigenvalue weighted by atomic mass is 19.4. The van der Waals surface area contributed by atoms with Gasteiger partial charge in [0, 0.05) is 30.0 Å². The molecule has 7 N–H and O–H groups in total. The number of carboxylic acid groups (broad SMARTS) is 1. The quantitative estimate of drug-likeness (QED) is 0.239. The SMILES string of the molecule is Cn1nc(N)c2c(-c3ccc(NC(=O)Nc4cccc(C(F)(F)F)c4)cc3)cc(C3CC3)nc21.NC(=O)O. The van der Waals surface area contributed by atoms with Crippen LogP contribution in [-0.4, -0.2) is 32.0 Å². The number of urea groups is 1. The van der Waals surface area contributed by atoms with Crippen molar-refractivity contribution in [2.24, 2.45) is 12.8 Å². The molecule has 1 fully saturated rings. The molecule has 10 nitrogen and oxygen atoms in total. The van der Waals surface area contributed by atoms with Gasteiger partial charge in [-0.1, -0.05) is 18.2 Å². The summed E-state index contributed by atoms with van der Waals surface area (Å²) in [6.07, 6.45) is -3.61. The lowest BCUT2D eigenvalue weighted by Crippen LogP contribution is -2.19. The minimum absolute atomic E-state index is 0.0442. The monoisotopic (exact) mass is 527 g/mol. The standard InChI is InChI=1S/C24H21F3N6O.CH3NO2/c1-33-22-20(21(28)32-33)18(12-19(31-22)14-5-6-14)13-7-9-16(10-8-13)29-23(34)30-17-4-2-3-15(11-17)24(25,26)27;2-1(3)4/h2-4,7-12,14H,5-6H2,1H3,(H2,28,32)(H2,29,30,34);2H2,(H,3,4). The molecule has 0 atom stereocenters. The third-order valence-electron chi connectivity index (χ3n) is 5.74. The smallest absolute Gasteiger partial charge is 0.416 e. The van der Waals surface area contributed by atoms with Crippen molar-refractivity contribution in [3.8, 4) is 11.1 Å². The Balaban J connectivity index is 0.000000786. The van der Waals surface area contributed by atoms with Gasteiger partial charge in [-0.25, -0.2) is 19.3 Å². The lowest BCUT2D eigenvalue weighted by atomic mass is 10.0. The highest BCUT2D eigenvalue weighted by molar-refractivity contribution is 6.02. The lowest BCUT2D eigenvalue weighted by Gasteiger charge is -2.12. The second kappa shape index (κ2) is 10.3. The van der Waals surface area contributed by atoms with Gasteiger partial charge in [0.1, 0.15) is 0 Å². The predicted octanol–water partition coefficient (Wildman–Crippen LogP) is 5.38. The van der Waals surface area contributed by atoms with Crippen LogP contribution in [0.4, 0.5) is 40.0 Å². The van der Waals surface area contributed by atoms with Gasteiger partial charge in [0.2, 0.25) is 0 Å². The van der Waals surface area contributed by atoms with E-state index < -0.39 is 23.9 Å². The number of hydrogen-bond donors (Lipinski definition) is 5. The van der Waals surface area contributed by atoms with E-state index in [1.165, 1.54) is 12.1 Å². The summed E-state index contributed by atoms with van der Waals surface area (Å²) in [5.41, 5.74) is 13.4. The Morgan fingerprint density at radius 1 is 1.05 bits per heavy atom. The summed E-state index contributed by atoms with van der Waals surface area (Å²) < 4.78 is 40.3. The third kappa shape index (κ3) is 6.11. The molecule has 2 aromatic heterocycles. The van der Waals surface area contributed by atoms with E-state index in [1.807, 2.05) is 25.2 Å². The van der Waals surface area contributed by atoms with E-state index in [2.05, 4.69) is 21.5 Å². The summed E-state index contributed by atoms with van der Waals surface area (Å²) in [6.45, 7) is 0. The number of carbonyl (C=O) groups excluding carboxylic acids is 1. The molecule has 0 spiro atoms. The third-order valence-corrected chi connectivity index (χ3v) is 5.74. The van der Waals surface area contributed by atoms with Gasteiger partial charge < -0.3 is 27.2 Å². The number of benzene rings is 2. The number of hydrogen-bond acceptors (Lipinski definition) is 5. The van der Waals surface area contributed by atoms with Crippen LogP contribution in [-0.2, 0) is 13.2 Å². The molecule has 13 heteroatoms. The van der Waals surface area contributed by atoms with Crippen LogP contribution in [0.3, 0.4) is 0 Å². The van der Waals surface area contributed by atoms with Gasteiger partial charge >= 0.3 is 18.3 Å². The fourth-order valence-corrected chi connectivity index (χ4v) is 3.91. The number of nitrogen functional groups attached to an aromatic ring is 1. The minimum atomic E-state index is -4.49. The number of nitrogens with two attached hydrogens (primary N) is 2. The molecule has 0 saturated heterocycles. The Morgan fingerprint density at radius 2 is 1.68 bits per heavy atom. The van der Waals surface area contributed by atoms with Gasteiger partial charge in [0.05, 0.1) is 10.9 Å². The zero-order chi connectivity index (χ0) is 27.6. The van der Waals surface area contributed by atoms with Crippen LogP contribution in [0.5, 0.6) is 0 Å². The van der Waals surface area contributed by atoms with Gasteiger partial charge in [0.15, 0.2) is 11.5 Å². The molecule has 0 radical (unpaired) electrons. The number of alkyl halides is 3. The molecule has 1 saturated carbocycles. The summed E-state index contributed by atoms with van der Waals surface area (Å²) in [5, 5.41) is 17.3. The molecule has 2 aromatic carbocycles. The van der Waals surface area contributed by atoms with Crippen LogP contribution in [0, 0.1) is 0 Å². The lowest BCUT2D eigenvalue weighted by molar-refractivity contribution is -0.137. The first kappa shape index (κ1) is 26.3. The van der Waals surface area contributed by atoms with E-state index in [0.29, 0.717) is 17.4 Å². The van der Waals surface area contributed by atoms with Crippen molar-refractivity contribution >= 4 is 40.4 Å². The van der Waals surface area contributed by atoms with E-state index in [1.54, 1.807) is 16.8 Å². The van der Waals surface area contributed by atoms with Crippen molar-refractivity contribution in [2.45, 2.75) is 24.9 Å². The maximum absolute atomic E-state index is 12.9. The highest BCUT2D eigenvalue weighted by Crippen LogP contribution is 2.42. The van der Waals surface area contributed by atoms with E-state index in [9.17, 15) is 18.0 Å². The summed E-state index contributed by atoms with van der Waals surface area (Å²) in [5.74, 6) is 0.838. The Morgan fingerprint density at radius 3 is 2.29 bits per heavy atom. The Hall–Kier alpha value is -4.81. The summed E-state index contributed by atoms with van der Waals surface area (Å²) in [6, 6.07) is 13.0. The first-order valence-electron chi connectivity index (χ1n) is 11.4. The number of nitrogens with zero attached hydrogens (tertiary/aromatic N) is 3. The minimum Gasteiger partial charge on any atom is -0.465 e. The number of fused-ring (bicyclic) bond motifs is 1. The number of carbonyl (C=O) groups is 2. The number of anilines is 3. The number of aryl methyl sites for hydroxylation is 1. The molecule has 2 heterocycles. The molecule has 0 aliphatic heterocycles. The molecule has 38 heavy (non-hydrogen) atoms. The van der Waals surface area contributed by atoms with Crippen molar-refractivity contribution in [3.05, 3.63) is 65.9 Å². The number of pyridine rings is 1. The van der Waals surface area contributed by atoms with Crippen LogP contribution in [0.2, 0.25) is 0 Å². The number of nitrogens with one attached hydrogen (secondary N) is 2. The molecule has 0 bridgehead atoms. The first-order valence-corrected chi connectivity index (χ1v) is 11.4. The number of primary amides is 1. The van der Waals surface area contributed by atoms with E-state index >= 15 is 0 Å². The normalized spacial score (nSPS) is 12.9. The van der Waals surface area contributed by atoms with Gasteiger partial charge in [-0.05, 0) is 60.4 Å². The molecule has 0 unspecified atom stereocenters. The fourth-order valence-electron chi connectivity index (χ4n) is 3.91. The molecular weight excluding hydrogens is 503 g/mol. The average molecular weight is 528 g/mol. The molecule has 1 aliphatic rings. The topological polar surface area (TPSA) is 161 Å². The van der Waals surface area contributed by atoms with Crippen LogP contribution < -0.4 is 22.1 Å². The highest BCUT2D eigenvalue weighted by Gasteiger charge is 2.30. The zero-order valence-corrected chi connectivity index (χ0v) is 20.1. The largest absolute Gasteiger partial charge is 0.465 e. The first-order chi connectivity index (χ1) is 17.9. The Kier molecular flexibility index (Phi) is 7.10. The second-order valence-corrected chi connectivity index (χ2v) is 8.65. The summed E-state index contributed by atoms with van der Waals surface area (Å²) >= 11 is 0. The van der Waals surface area contributed by atoms with E-state index in [-0.39, 0.29) is 5.69 Å². The molecule has 1 aliphatic carbocycles.